The van der Waals surface area contributed by atoms with Gasteiger partial charge in [0.05, 0.1) is 5.54 Å². The zero-order valence-corrected chi connectivity index (χ0v) is 12.1. The van der Waals surface area contributed by atoms with E-state index in [1.54, 1.807) is 11.3 Å². The van der Waals surface area contributed by atoms with Crippen molar-refractivity contribution < 1.29 is 4.79 Å². The van der Waals surface area contributed by atoms with Crippen molar-refractivity contribution >= 4 is 17.1 Å². The van der Waals surface area contributed by atoms with Crippen LogP contribution in [-0.4, -0.2) is 29.3 Å². The fourth-order valence-electron chi connectivity index (χ4n) is 2.65. The number of nitrogens with zero attached hydrogens (tertiary/aromatic N) is 1. The minimum Gasteiger partial charge on any atom is -0.292 e. The van der Waals surface area contributed by atoms with Crippen LogP contribution in [0.1, 0.15) is 50.9 Å². The Bertz CT molecular complexity index is 337. The molecule has 0 aromatic carbocycles. The molecule has 0 fully saturated rings. The molecule has 0 radical (unpaired) electrons. The summed E-state index contributed by atoms with van der Waals surface area (Å²) in [6, 6.07) is 1.94. The van der Waals surface area contributed by atoms with Crippen molar-refractivity contribution in [2.24, 2.45) is 0 Å². The molecule has 0 amide bonds. The number of Topliss-reactive ketones (excluding diaryl/α,β-unsaturated/α-hetero) is 1. The van der Waals surface area contributed by atoms with Crippen molar-refractivity contribution in [1.29, 1.82) is 0 Å². The minimum atomic E-state index is -0.315. The standard InChI is InChI=1S/C14H23NOS/c1-5-14(6-2,15(7-3)8-4)13(16)12-9-10-17-11-12/h9-11H,5-8H2,1-4H3. The van der Waals surface area contributed by atoms with Gasteiger partial charge in [-0.05, 0) is 37.4 Å². The van der Waals surface area contributed by atoms with Crippen LogP contribution in [0.5, 0.6) is 0 Å². The maximum atomic E-state index is 12.7. The summed E-state index contributed by atoms with van der Waals surface area (Å²) in [7, 11) is 0. The molecule has 1 rings (SSSR count). The lowest BCUT2D eigenvalue weighted by molar-refractivity contribution is 0.0535. The first-order valence-electron chi connectivity index (χ1n) is 6.48. The smallest absolute Gasteiger partial charge is 0.183 e. The number of carbonyl (C=O) groups is 1. The van der Waals surface area contributed by atoms with Crippen molar-refractivity contribution in [3.05, 3.63) is 22.4 Å². The molecule has 17 heavy (non-hydrogen) atoms. The van der Waals surface area contributed by atoms with E-state index < -0.39 is 0 Å². The maximum Gasteiger partial charge on any atom is 0.183 e. The quantitative estimate of drug-likeness (QED) is 0.688. The number of hydrogen-bond acceptors (Lipinski definition) is 3. The number of hydrogen-bond donors (Lipinski definition) is 0. The lowest BCUT2D eigenvalue weighted by Crippen LogP contribution is -2.53. The second kappa shape index (κ2) is 6.31. The van der Waals surface area contributed by atoms with Crippen molar-refractivity contribution in [1.82, 2.24) is 4.90 Å². The van der Waals surface area contributed by atoms with Gasteiger partial charge in [-0.1, -0.05) is 27.7 Å². The summed E-state index contributed by atoms with van der Waals surface area (Å²) < 4.78 is 0. The molecule has 1 aromatic rings. The van der Waals surface area contributed by atoms with E-state index in [0.29, 0.717) is 0 Å². The molecule has 96 valence electrons. The summed E-state index contributed by atoms with van der Waals surface area (Å²) in [5.74, 6) is 0.285. The normalized spacial score (nSPS) is 12.1. The Labute approximate surface area is 109 Å². The van der Waals surface area contributed by atoms with E-state index in [0.717, 1.165) is 31.5 Å². The summed E-state index contributed by atoms with van der Waals surface area (Å²) >= 11 is 1.59. The second-order valence-corrected chi connectivity index (χ2v) is 5.03. The Hall–Kier alpha value is -0.670. The Morgan fingerprint density at radius 2 is 1.82 bits per heavy atom. The fraction of sp³-hybridized carbons (Fsp3) is 0.643. The Morgan fingerprint density at radius 3 is 2.18 bits per heavy atom. The van der Waals surface area contributed by atoms with E-state index in [1.807, 2.05) is 16.8 Å². The van der Waals surface area contributed by atoms with Crippen LogP contribution in [0, 0.1) is 0 Å². The fourth-order valence-corrected chi connectivity index (χ4v) is 3.29. The molecule has 0 saturated carbocycles. The third kappa shape index (κ3) is 2.61. The van der Waals surface area contributed by atoms with Crippen LogP contribution in [0.15, 0.2) is 16.8 Å². The van der Waals surface area contributed by atoms with Crippen molar-refractivity contribution in [2.45, 2.75) is 46.1 Å². The van der Waals surface area contributed by atoms with E-state index in [2.05, 4.69) is 32.6 Å². The highest BCUT2D eigenvalue weighted by atomic mass is 32.1. The zero-order chi connectivity index (χ0) is 12.9. The Morgan fingerprint density at radius 1 is 1.24 bits per heavy atom. The first kappa shape index (κ1) is 14.4. The predicted octanol–water partition coefficient (Wildman–Crippen LogP) is 3.83. The average molecular weight is 253 g/mol. The molecule has 1 heterocycles. The van der Waals surface area contributed by atoms with Crippen LogP contribution < -0.4 is 0 Å². The first-order valence-corrected chi connectivity index (χ1v) is 7.42. The number of carbonyl (C=O) groups excluding carboxylic acids is 1. The predicted molar refractivity (Wildman–Crippen MR) is 74.9 cm³/mol. The van der Waals surface area contributed by atoms with Crippen LogP contribution in [0.4, 0.5) is 0 Å². The summed E-state index contributed by atoms with van der Waals surface area (Å²) in [5, 5.41) is 3.94. The SMILES string of the molecule is CCN(CC)C(CC)(CC)C(=O)c1ccsc1. The zero-order valence-electron chi connectivity index (χ0n) is 11.3. The van der Waals surface area contributed by atoms with Gasteiger partial charge in [-0.15, -0.1) is 0 Å². The molecule has 0 aliphatic heterocycles. The van der Waals surface area contributed by atoms with E-state index in [9.17, 15) is 4.79 Å². The van der Waals surface area contributed by atoms with Crippen LogP contribution in [0.25, 0.3) is 0 Å². The van der Waals surface area contributed by atoms with Gasteiger partial charge in [-0.3, -0.25) is 9.69 Å². The molecule has 0 aliphatic rings. The third-order valence-electron chi connectivity index (χ3n) is 3.74. The molecular weight excluding hydrogens is 230 g/mol. The first-order chi connectivity index (χ1) is 8.16. The number of thiophene rings is 1. The monoisotopic (exact) mass is 253 g/mol. The molecule has 1 aromatic heterocycles. The van der Waals surface area contributed by atoms with Gasteiger partial charge in [0.2, 0.25) is 0 Å². The van der Waals surface area contributed by atoms with Gasteiger partial charge in [0.15, 0.2) is 5.78 Å². The largest absolute Gasteiger partial charge is 0.292 e. The molecule has 0 atom stereocenters. The lowest BCUT2D eigenvalue weighted by atomic mass is 9.83. The molecule has 0 saturated heterocycles. The molecule has 0 bridgehead atoms. The van der Waals surface area contributed by atoms with Crippen molar-refractivity contribution in [3.8, 4) is 0 Å². The summed E-state index contributed by atoms with van der Waals surface area (Å²) in [4.78, 5) is 15.0. The van der Waals surface area contributed by atoms with Crippen LogP contribution in [0.3, 0.4) is 0 Å². The van der Waals surface area contributed by atoms with Crippen molar-refractivity contribution in [2.75, 3.05) is 13.1 Å². The van der Waals surface area contributed by atoms with Crippen LogP contribution >= 0.6 is 11.3 Å². The third-order valence-corrected chi connectivity index (χ3v) is 4.43. The van der Waals surface area contributed by atoms with E-state index in [-0.39, 0.29) is 11.3 Å². The van der Waals surface area contributed by atoms with Crippen LogP contribution in [0.2, 0.25) is 0 Å². The highest BCUT2D eigenvalue weighted by molar-refractivity contribution is 7.08. The molecule has 0 unspecified atom stereocenters. The lowest BCUT2D eigenvalue weighted by Gasteiger charge is -2.40. The Kier molecular flexibility index (Phi) is 5.34. The van der Waals surface area contributed by atoms with E-state index >= 15 is 0 Å². The maximum absolute atomic E-state index is 12.7. The summed E-state index contributed by atoms with van der Waals surface area (Å²) in [6.07, 6.45) is 1.75. The van der Waals surface area contributed by atoms with Gasteiger partial charge in [-0.2, -0.15) is 11.3 Å². The molecule has 3 heteroatoms. The summed E-state index contributed by atoms with van der Waals surface area (Å²) in [6.45, 7) is 10.3. The van der Waals surface area contributed by atoms with E-state index in [1.165, 1.54) is 0 Å². The van der Waals surface area contributed by atoms with E-state index in [4.69, 9.17) is 0 Å². The van der Waals surface area contributed by atoms with Gasteiger partial charge in [0.25, 0.3) is 0 Å². The number of likely N-dealkylation sites (N-methyl/N-ethyl adjacent to an activating group) is 1. The topological polar surface area (TPSA) is 20.3 Å². The van der Waals surface area contributed by atoms with Gasteiger partial charge in [0.1, 0.15) is 0 Å². The second-order valence-electron chi connectivity index (χ2n) is 4.25. The average Bonchev–Trinajstić information content (AvgIpc) is 2.89. The van der Waals surface area contributed by atoms with Gasteiger partial charge in [0, 0.05) is 10.9 Å². The number of ketones is 1. The molecule has 0 aliphatic carbocycles. The Balaban J connectivity index is 3.10. The van der Waals surface area contributed by atoms with Gasteiger partial charge in [-0.25, -0.2) is 0 Å². The highest BCUT2D eigenvalue weighted by Gasteiger charge is 2.39. The van der Waals surface area contributed by atoms with Crippen molar-refractivity contribution in [3.63, 3.8) is 0 Å². The van der Waals surface area contributed by atoms with Gasteiger partial charge >= 0.3 is 0 Å². The molecule has 2 nitrogen and oxygen atoms in total. The minimum absolute atomic E-state index is 0.285. The molecule has 0 N–H and O–H groups in total. The summed E-state index contributed by atoms with van der Waals surface area (Å²) in [5.41, 5.74) is 0.551. The highest BCUT2D eigenvalue weighted by Crippen LogP contribution is 2.29. The van der Waals surface area contributed by atoms with Gasteiger partial charge < -0.3 is 0 Å². The molecular formula is C14H23NOS. The van der Waals surface area contributed by atoms with Crippen LogP contribution in [-0.2, 0) is 0 Å². The molecule has 0 spiro atoms. The number of rotatable bonds is 7.